The van der Waals surface area contributed by atoms with Gasteiger partial charge in [0.1, 0.15) is 6.07 Å². The van der Waals surface area contributed by atoms with E-state index < -0.39 is 22.2 Å². The Morgan fingerprint density at radius 2 is 1.95 bits per heavy atom. The van der Waals surface area contributed by atoms with Crippen molar-refractivity contribution in [3.8, 4) is 6.07 Å². The fourth-order valence-electron chi connectivity index (χ4n) is 2.30. The molecule has 1 aliphatic carbocycles. The molecule has 19 heavy (non-hydrogen) atoms. The highest BCUT2D eigenvalue weighted by molar-refractivity contribution is 7.89. The number of hydrogen-bond donors (Lipinski definition) is 2. The zero-order chi connectivity index (χ0) is 13.9. The van der Waals surface area contributed by atoms with Gasteiger partial charge in [0.05, 0.1) is 16.6 Å². The largest absolute Gasteiger partial charge is 0.391 e. The van der Waals surface area contributed by atoms with E-state index in [1.54, 1.807) is 12.1 Å². The number of nitriles is 1. The standard InChI is InChI=1S/C13H16N2O3S/c14-9-10-5-1-4-8-13(10)19(17,18)15-11-6-2-3-7-12(11)16/h1,4-5,8,11-12,15-16H,2-3,6-7H2. The van der Waals surface area contributed by atoms with Crippen molar-refractivity contribution in [2.45, 2.75) is 42.7 Å². The van der Waals surface area contributed by atoms with Crippen LogP contribution in [0.25, 0.3) is 0 Å². The van der Waals surface area contributed by atoms with Gasteiger partial charge >= 0.3 is 0 Å². The molecule has 0 spiro atoms. The van der Waals surface area contributed by atoms with Crippen molar-refractivity contribution in [2.75, 3.05) is 0 Å². The molecule has 5 nitrogen and oxygen atoms in total. The Balaban J connectivity index is 2.25. The summed E-state index contributed by atoms with van der Waals surface area (Å²) in [6, 6.07) is 7.46. The molecular weight excluding hydrogens is 264 g/mol. The van der Waals surface area contributed by atoms with E-state index >= 15 is 0 Å². The molecule has 0 saturated heterocycles. The average molecular weight is 280 g/mol. The van der Waals surface area contributed by atoms with E-state index in [1.165, 1.54) is 12.1 Å². The molecular formula is C13H16N2O3S. The molecule has 0 aromatic heterocycles. The predicted molar refractivity (Wildman–Crippen MR) is 69.7 cm³/mol. The number of nitrogens with zero attached hydrogens (tertiary/aromatic N) is 1. The van der Waals surface area contributed by atoms with Gasteiger partial charge in [0.2, 0.25) is 10.0 Å². The molecule has 6 heteroatoms. The zero-order valence-electron chi connectivity index (χ0n) is 10.4. The first-order valence-electron chi connectivity index (χ1n) is 6.24. The van der Waals surface area contributed by atoms with Crippen LogP contribution in [0.2, 0.25) is 0 Å². The maximum atomic E-state index is 12.3. The molecule has 0 amide bonds. The van der Waals surface area contributed by atoms with Crippen LogP contribution < -0.4 is 4.72 Å². The fourth-order valence-corrected chi connectivity index (χ4v) is 3.77. The van der Waals surface area contributed by atoms with Crippen molar-refractivity contribution < 1.29 is 13.5 Å². The number of rotatable bonds is 3. The monoisotopic (exact) mass is 280 g/mol. The Bertz CT molecular complexity index is 592. The highest BCUT2D eigenvalue weighted by Crippen LogP contribution is 2.21. The molecule has 0 bridgehead atoms. The van der Waals surface area contributed by atoms with E-state index in [0.29, 0.717) is 12.8 Å². The van der Waals surface area contributed by atoms with Gasteiger partial charge in [-0.2, -0.15) is 5.26 Å². The summed E-state index contributed by atoms with van der Waals surface area (Å²) in [6.45, 7) is 0. The quantitative estimate of drug-likeness (QED) is 0.868. The summed E-state index contributed by atoms with van der Waals surface area (Å²) in [4.78, 5) is -0.0322. The predicted octanol–water partition coefficient (Wildman–Crippen LogP) is 1.14. The molecule has 2 atom stereocenters. The van der Waals surface area contributed by atoms with Crippen LogP contribution in [0.5, 0.6) is 0 Å². The molecule has 0 aliphatic heterocycles. The van der Waals surface area contributed by atoms with Crippen molar-refractivity contribution in [3.63, 3.8) is 0 Å². The molecule has 1 aromatic rings. The molecule has 0 radical (unpaired) electrons. The third-order valence-electron chi connectivity index (χ3n) is 3.33. The summed E-state index contributed by atoms with van der Waals surface area (Å²) in [5, 5.41) is 18.8. The average Bonchev–Trinajstić information content (AvgIpc) is 2.41. The molecule has 0 heterocycles. The molecule has 1 saturated carbocycles. The Morgan fingerprint density at radius 3 is 2.63 bits per heavy atom. The number of benzene rings is 1. The lowest BCUT2D eigenvalue weighted by Gasteiger charge is -2.28. The van der Waals surface area contributed by atoms with E-state index in [4.69, 9.17) is 5.26 Å². The van der Waals surface area contributed by atoms with Gasteiger partial charge < -0.3 is 5.11 Å². The summed E-state index contributed by atoms with van der Waals surface area (Å²) >= 11 is 0. The molecule has 1 aliphatic rings. The summed E-state index contributed by atoms with van der Waals surface area (Å²) in [5.41, 5.74) is 0.111. The van der Waals surface area contributed by atoms with Gasteiger partial charge in [0.25, 0.3) is 0 Å². The third kappa shape index (κ3) is 3.13. The lowest BCUT2D eigenvalue weighted by molar-refractivity contribution is 0.101. The third-order valence-corrected chi connectivity index (χ3v) is 4.88. The maximum absolute atomic E-state index is 12.3. The number of sulfonamides is 1. The summed E-state index contributed by atoms with van der Waals surface area (Å²) in [6.07, 6.45) is 2.37. The highest BCUT2D eigenvalue weighted by Gasteiger charge is 2.29. The van der Waals surface area contributed by atoms with Gasteiger partial charge in [0, 0.05) is 6.04 Å². The van der Waals surface area contributed by atoms with E-state index in [-0.39, 0.29) is 10.5 Å². The van der Waals surface area contributed by atoms with Gasteiger partial charge in [-0.15, -0.1) is 0 Å². The number of aliphatic hydroxyl groups is 1. The van der Waals surface area contributed by atoms with Gasteiger partial charge in [0.15, 0.2) is 0 Å². The smallest absolute Gasteiger partial charge is 0.242 e. The number of aliphatic hydroxyl groups excluding tert-OH is 1. The molecule has 2 N–H and O–H groups in total. The van der Waals surface area contributed by atoms with Gasteiger partial charge in [-0.1, -0.05) is 25.0 Å². The van der Waals surface area contributed by atoms with Gasteiger partial charge in [-0.25, -0.2) is 13.1 Å². The van der Waals surface area contributed by atoms with E-state index in [9.17, 15) is 13.5 Å². The van der Waals surface area contributed by atoms with Crippen LogP contribution in [0, 0.1) is 11.3 Å². The molecule has 2 unspecified atom stereocenters. The van der Waals surface area contributed by atoms with Gasteiger partial charge in [-0.05, 0) is 25.0 Å². The van der Waals surface area contributed by atoms with E-state index in [2.05, 4.69) is 4.72 Å². The summed E-state index contributed by atoms with van der Waals surface area (Å²) < 4.78 is 27.0. The lowest BCUT2D eigenvalue weighted by Crippen LogP contribution is -2.45. The normalized spacial score (nSPS) is 23.8. The Kier molecular flexibility index (Phi) is 4.20. The van der Waals surface area contributed by atoms with Crippen LogP contribution in [0.1, 0.15) is 31.2 Å². The topological polar surface area (TPSA) is 90.2 Å². The van der Waals surface area contributed by atoms with E-state index in [0.717, 1.165) is 12.8 Å². The molecule has 2 rings (SSSR count). The van der Waals surface area contributed by atoms with Crippen LogP contribution in [0.4, 0.5) is 0 Å². The second kappa shape index (κ2) is 5.70. The molecule has 1 aromatic carbocycles. The second-order valence-corrected chi connectivity index (χ2v) is 6.37. The minimum Gasteiger partial charge on any atom is -0.391 e. The van der Waals surface area contributed by atoms with Crippen molar-refractivity contribution in [3.05, 3.63) is 29.8 Å². The van der Waals surface area contributed by atoms with Crippen LogP contribution in [0.3, 0.4) is 0 Å². The van der Waals surface area contributed by atoms with Crippen LogP contribution in [-0.2, 0) is 10.0 Å². The van der Waals surface area contributed by atoms with Crippen LogP contribution in [0.15, 0.2) is 29.2 Å². The summed E-state index contributed by atoms with van der Waals surface area (Å²) in [5.74, 6) is 0. The maximum Gasteiger partial charge on any atom is 0.242 e. The number of hydrogen-bond acceptors (Lipinski definition) is 4. The Hall–Kier alpha value is -1.42. The van der Waals surface area contributed by atoms with Crippen molar-refractivity contribution in [1.82, 2.24) is 4.72 Å². The van der Waals surface area contributed by atoms with Crippen molar-refractivity contribution >= 4 is 10.0 Å². The van der Waals surface area contributed by atoms with Gasteiger partial charge in [-0.3, -0.25) is 0 Å². The SMILES string of the molecule is N#Cc1ccccc1S(=O)(=O)NC1CCCCC1O. The molecule has 102 valence electrons. The van der Waals surface area contributed by atoms with Crippen LogP contribution in [-0.4, -0.2) is 25.7 Å². The minimum atomic E-state index is -3.77. The minimum absolute atomic E-state index is 0.0322. The number of nitrogens with one attached hydrogen (secondary N) is 1. The first kappa shape index (κ1) is 14.0. The highest BCUT2D eigenvalue weighted by atomic mass is 32.2. The first-order valence-corrected chi connectivity index (χ1v) is 7.72. The Labute approximate surface area is 112 Å². The zero-order valence-corrected chi connectivity index (χ0v) is 11.2. The Morgan fingerprint density at radius 1 is 1.26 bits per heavy atom. The second-order valence-electron chi connectivity index (χ2n) is 4.69. The van der Waals surface area contributed by atoms with Crippen molar-refractivity contribution in [1.29, 1.82) is 5.26 Å². The van der Waals surface area contributed by atoms with Crippen LogP contribution >= 0.6 is 0 Å². The van der Waals surface area contributed by atoms with Crippen molar-refractivity contribution in [2.24, 2.45) is 0 Å². The van der Waals surface area contributed by atoms with E-state index in [1.807, 2.05) is 6.07 Å². The summed E-state index contributed by atoms with van der Waals surface area (Å²) in [7, 11) is -3.77. The lowest BCUT2D eigenvalue weighted by atomic mass is 9.93. The first-order chi connectivity index (χ1) is 9.04. The fraction of sp³-hybridized carbons (Fsp3) is 0.462. The molecule has 1 fully saturated rings.